The molecule has 106 valence electrons. The molecule has 5 heteroatoms. The summed E-state index contributed by atoms with van der Waals surface area (Å²) in [6.07, 6.45) is 0.434. The third kappa shape index (κ3) is 3.32. The highest BCUT2D eigenvalue weighted by molar-refractivity contribution is 6.30. The van der Waals surface area contributed by atoms with Gasteiger partial charge in [0.1, 0.15) is 12.0 Å². The Kier molecular flexibility index (Phi) is 4.91. The molecule has 1 heterocycles. The van der Waals surface area contributed by atoms with Gasteiger partial charge >= 0.3 is 0 Å². The van der Waals surface area contributed by atoms with Gasteiger partial charge in [-0.1, -0.05) is 18.5 Å². The quantitative estimate of drug-likeness (QED) is 0.920. The predicted octanol–water partition coefficient (Wildman–Crippen LogP) is 2.20. The SMILES string of the molecule is CCC(O)N1CCN(c2cc(Cl)ccc2OC)CC1. The van der Waals surface area contributed by atoms with E-state index in [0.29, 0.717) is 5.02 Å². The average Bonchev–Trinajstić information content (AvgIpc) is 2.46. The van der Waals surface area contributed by atoms with Crippen molar-refractivity contribution >= 4 is 17.3 Å². The van der Waals surface area contributed by atoms with Crippen LogP contribution in [0.25, 0.3) is 0 Å². The van der Waals surface area contributed by atoms with Gasteiger partial charge in [0.2, 0.25) is 0 Å². The minimum Gasteiger partial charge on any atom is -0.495 e. The Labute approximate surface area is 119 Å². The second-order valence-electron chi connectivity index (χ2n) is 4.73. The zero-order valence-corrected chi connectivity index (χ0v) is 12.2. The third-order valence-corrected chi connectivity index (χ3v) is 3.82. The smallest absolute Gasteiger partial charge is 0.142 e. The summed E-state index contributed by atoms with van der Waals surface area (Å²) < 4.78 is 5.39. The molecular formula is C14H21ClN2O2. The molecule has 1 aliphatic rings. The number of benzene rings is 1. The fraction of sp³-hybridized carbons (Fsp3) is 0.571. The van der Waals surface area contributed by atoms with Crippen molar-refractivity contribution in [2.75, 3.05) is 38.2 Å². The highest BCUT2D eigenvalue weighted by atomic mass is 35.5. The summed E-state index contributed by atoms with van der Waals surface area (Å²) in [7, 11) is 1.67. The van der Waals surface area contributed by atoms with E-state index in [-0.39, 0.29) is 6.23 Å². The first-order valence-electron chi connectivity index (χ1n) is 6.66. The Hall–Kier alpha value is -0.970. The fourth-order valence-electron chi connectivity index (χ4n) is 2.43. The second kappa shape index (κ2) is 6.46. The summed E-state index contributed by atoms with van der Waals surface area (Å²) in [5, 5.41) is 10.6. The molecule has 1 saturated heterocycles. The molecule has 0 aromatic heterocycles. The molecule has 1 unspecified atom stereocenters. The number of halogens is 1. The molecule has 4 nitrogen and oxygen atoms in total. The Morgan fingerprint density at radius 1 is 1.32 bits per heavy atom. The van der Waals surface area contributed by atoms with Gasteiger partial charge in [0.15, 0.2) is 0 Å². The number of piperazine rings is 1. The molecule has 0 radical (unpaired) electrons. The van der Waals surface area contributed by atoms with Gasteiger partial charge in [0, 0.05) is 31.2 Å². The highest BCUT2D eigenvalue weighted by Gasteiger charge is 2.23. The Bertz CT molecular complexity index is 420. The summed E-state index contributed by atoms with van der Waals surface area (Å²) in [6, 6.07) is 5.66. The molecule has 0 saturated carbocycles. The van der Waals surface area contributed by atoms with Crippen LogP contribution in [-0.4, -0.2) is 49.5 Å². The number of anilines is 1. The van der Waals surface area contributed by atoms with E-state index >= 15 is 0 Å². The summed E-state index contributed by atoms with van der Waals surface area (Å²) in [4.78, 5) is 4.36. The van der Waals surface area contributed by atoms with E-state index in [1.54, 1.807) is 7.11 Å². The van der Waals surface area contributed by atoms with Crippen molar-refractivity contribution in [3.05, 3.63) is 23.2 Å². The maximum absolute atomic E-state index is 9.85. The largest absolute Gasteiger partial charge is 0.495 e. The van der Waals surface area contributed by atoms with Crippen LogP contribution >= 0.6 is 11.6 Å². The lowest BCUT2D eigenvalue weighted by Crippen LogP contribution is -2.50. The standard InChI is InChI=1S/C14H21ClN2O2/c1-3-14(18)17-8-6-16(7-9-17)12-10-11(15)4-5-13(12)19-2/h4-5,10,14,18H,3,6-9H2,1-2H3. The Balaban J connectivity index is 2.07. The first kappa shape index (κ1) is 14.4. The maximum Gasteiger partial charge on any atom is 0.142 e. The highest BCUT2D eigenvalue weighted by Crippen LogP contribution is 2.31. The summed E-state index contributed by atoms with van der Waals surface area (Å²) >= 11 is 6.06. The van der Waals surface area contributed by atoms with E-state index in [0.717, 1.165) is 44.0 Å². The van der Waals surface area contributed by atoms with Crippen molar-refractivity contribution < 1.29 is 9.84 Å². The number of rotatable bonds is 4. The monoisotopic (exact) mass is 284 g/mol. The number of hydrogen-bond acceptors (Lipinski definition) is 4. The van der Waals surface area contributed by atoms with Crippen molar-refractivity contribution in [2.24, 2.45) is 0 Å². The van der Waals surface area contributed by atoms with E-state index < -0.39 is 0 Å². The Morgan fingerprint density at radius 2 is 2.00 bits per heavy atom. The number of aliphatic hydroxyl groups is 1. The van der Waals surface area contributed by atoms with Crippen LogP contribution in [0.15, 0.2) is 18.2 Å². The summed E-state index contributed by atoms with van der Waals surface area (Å²) in [5.74, 6) is 0.842. The number of methoxy groups -OCH3 is 1. The third-order valence-electron chi connectivity index (χ3n) is 3.58. The lowest BCUT2D eigenvalue weighted by molar-refractivity contribution is -0.00195. The van der Waals surface area contributed by atoms with Crippen LogP contribution in [0, 0.1) is 0 Å². The second-order valence-corrected chi connectivity index (χ2v) is 5.16. The van der Waals surface area contributed by atoms with Gasteiger partial charge in [0.25, 0.3) is 0 Å². The van der Waals surface area contributed by atoms with Crippen LogP contribution in [0.4, 0.5) is 5.69 Å². The minimum absolute atomic E-state index is 0.330. The van der Waals surface area contributed by atoms with Gasteiger partial charge in [-0.25, -0.2) is 0 Å². The number of ether oxygens (including phenoxy) is 1. The van der Waals surface area contributed by atoms with E-state index in [1.807, 2.05) is 25.1 Å². The van der Waals surface area contributed by atoms with Gasteiger partial charge in [0.05, 0.1) is 12.8 Å². The molecule has 0 amide bonds. The van der Waals surface area contributed by atoms with Crippen LogP contribution in [-0.2, 0) is 0 Å². The molecule has 19 heavy (non-hydrogen) atoms. The molecule has 1 atom stereocenters. The minimum atomic E-state index is -0.330. The molecule has 1 N–H and O–H groups in total. The van der Waals surface area contributed by atoms with Crippen LogP contribution < -0.4 is 9.64 Å². The molecule has 1 aliphatic heterocycles. The van der Waals surface area contributed by atoms with Gasteiger partial charge in [-0.05, 0) is 24.6 Å². The fourth-order valence-corrected chi connectivity index (χ4v) is 2.60. The van der Waals surface area contributed by atoms with E-state index in [9.17, 15) is 5.11 Å². The summed E-state index contributed by atoms with van der Waals surface area (Å²) in [5.41, 5.74) is 1.03. The summed E-state index contributed by atoms with van der Waals surface area (Å²) in [6.45, 7) is 5.44. The van der Waals surface area contributed by atoms with E-state index in [4.69, 9.17) is 16.3 Å². The zero-order valence-electron chi connectivity index (χ0n) is 11.5. The first-order chi connectivity index (χ1) is 9.15. The Morgan fingerprint density at radius 3 is 2.58 bits per heavy atom. The molecule has 0 aliphatic carbocycles. The molecule has 0 spiro atoms. The molecule has 2 rings (SSSR count). The van der Waals surface area contributed by atoms with Crippen molar-refractivity contribution in [1.29, 1.82) is 0 Å². The van der Waals surface area contributed by atoms with Gasteiger partial charge in [-0.15, -0.1) is 0 Å². The first-order valence-corrected chi connectivity index (χ1v) is 7.04. The average molecular weight is 285 g/mol. The number of hydrogen-bond donors (Lipinski definition) is 1. The van der Waals surface area contributed by atoms with Crippen LogP contribution in [0.2, 0.25) is 5.02 Å². The van der Waals surface area contributed by atoms with Crippen LogP contribution in [0.1, 0.15) is 13.3 Å². The zero-order chi connectivity index (χ0) is 13.8. The molecular weight excluding hydrogens is 264 g/mol. The van der Waals surface area contributed by atoms with Crippen LogP contribution in [0.3, 0.4) is 0 Å². The van der Waals surface area contributed by atoms with Crippen molar-refractivity contribution in [3.63, 3.8) is 0 Å². The topological polar surface area (TPSA) is 35.9 Å². The van der Waals surface area contributed by atoms with E-state index in [1.165, 1.54) is 0 Å². The molecule has 0 bridgehead atoms. The van der Waals surface area contributed by atoms with Crippen molar-refractivity contribution in [2.45, 2.75) is 19.6 Å². The molecule has 1 aromatic rings. The lowest BCUT2D eigenvalue weighted by atomic mass is 10.2. The maximum atomic E-state index is 9.85. The molecule has 1 fully saturated rings. The predicted molar refractivity (Wildman–Crippen MR) is 78.1 cm³/mol. The van der Waals surface area contributed by atoms with Crippen molar-refractivity contribution in [3.8, 4) is 5.75 Å². The van der Waals surface area contributed by atoms with Gasteiger partial charge in [-0.3, -0.25) is 4.90 Å². The number of aliphatic hydroxyl groups excluding tert-OH is 1. The number of nitrogens with zero attached hydrogens (tertiary/aromatic N) is 2. The molecule has 1 aromatic carbocycles. The van der Waals surface area contributed by atoms with Crippen molar-refractivity contribution in [1.82, 2.24) is 4.90 Å². The van der Waals surface area contributed by atoms with Gasteiger partial charge < -0.3 is 14.7 Å². The van der Waals surface area contributed by atoms with E-state index in [2.05, 4.69) is 9.80 Å². The van der Waals surface area contributed by atoms with Gasteiger partial charge in [-0.2, -0.15) is 0 Å². The lowest BCUT2D eigenvalue weighted by Gasteiger charge is -2.38. The normalized spacial score (nSPS) is 18.4. The van der Waals surface area contributed by atoms with Crippen LogP contribution in [0.5, 0.6) is 5.75 Å².